The van der Waals surface area contributed by atoms with Crippen molar-refractivity contribution in [1.29, 1.82) is 0 Å². The van der Waals surface area contributed by atoms with Gasteiger partial charge in [0.15, 0.2) is 0 Å². The zero-order chi connectivity index (χ0) is 10.8. The van der Waals surface area contributed by atoms with E-state index in [4.69, 9.17) is 5.73 Å². The molecule has 0 aliphatic carbocycles. The van der Waals surface area contributed by atoms with E-state index < -0.39 is 10.0 Å². The maximum absolute atomic E-state index is 11.5. The molecule has 1 unspecified atom stereocenters. The first kappa shape index (κ1) is 11.5. The van der Waals surface area contributed by atoms with Gasteiger partial charge in [-0.3, -0.25) is 4.79 Å². The summed E-state index contributed by atoms with van der Waals surface area (Å²) in [5.41, 5.74) is 5.39. The zero-order valence-electron chi connectivity index (χ0n) is 8.27. The number of nitrogens with two attached hydrogens (primary N) is 1. The molecular formula is C8H16N2O3S. The van der Waals surface area contributed by atoms with E-state index in [1.165, 1.54) is 0 Å². The van der Waals surface area contributed by atoms with Crippen LogP contribution in [0.5, 0.6) is 0 Å². The number of carbonyl (C=O) groups excluding carboxylic acids is 1. The molecule has 0 aromatic heterocycles. The van der Waals surface area contributed by atoms with Crippen LogP contribution in [0.15, 0.2) is 0 Å². The van der Waals surface area contributed by atoms with Crippen LogP contribution in [0.1, 0.15) is 19.8 Å². The molecule has 0 saturated carbocycles. The summed E-state index contributed by atoms with van der Waals surface area (Å²) in [4.78, 5) is 11.4. The van der Waals surface area contributed by atoms with Crippen molar-refractivity contribution < 1.29 is 13.2 Å². The van der Waals surface area contributed by atoms with Crippen LogP contribution < -0.4 is 5.73 Å². The van der Waals surface area contributed by atoms with Gasteiger partial charge < -0.3 is 5.73 Å². The molecule has 82 valence electrons. The van der Waals surface area contributed by atoms with E-state index >= 15 is 0 Å². The lowest BCUT2D eigenvalue weighted by Crippen LogP contribution is -2.45. The van der Waals surface area contributed by atoms with Crippen LogP contribution in [0, 0.1) is 5.92 Å². The fraction of sp³-hybridized carbons (Fsp3) is 0.875. The van der Waals surface area contributed by atoms with Crippen molar-refractivity contribution in [3.05, 3.63) is 0 Å². The number of hydrogen-bond acceptors (Lipinski definition) is 4. The highest BCUT2D eigenvalue weighted by molar-refractivity contribution is 7.89. The molecule has 1 aliphatic heterocycles. The molecule has 1 amide bonds. The van der Waals surface area contributed by atoms with Crippen molar-refractivity contribution in [2.45, 2.75) is 19.8 Å². The summed E-state index contributed by atoms with van der Waals surface area (Å²) < 4.78 is 24.0. The number of rotatable bonds is 3. The van der Waals surface area contributed by atoms with Gasteiger partial charge in [-0.05, 0) is 18.9 Å². The number of carbonyl (C=O) groups is 1. The van der Waals surface area contributed by atoms with Gasteiger partial charge in [0, 0.05) is 13.0 Å². The number of nitrogens with zero attached hydrogens (tertiary/aromatic N) is 1. The van der Waals surface area contributed by atoms with Crippen molar-refractivity contribution in [1.82, 2.24) is 4.31 Å². The van der Waals surface area contributed by atoms with E-state index in [0.717, 1.165) is 4.31 Å². The molecule has 1 saturated heterocycles. The summed E-state index contributed by atoms with van der Waals surface area (Å²) in [5, 5.41) is 0. The summed E-state index contributed by atoms with van der Waals surface area (Å²) >= 11 is 0. The minimum atomic E-state index is -3.35. The second-order valence-electron chi connectivity index (χ2n) is 3.69. The maximum Gasteiger partial charge on any atom is 0.237 e. The van der Waals surface area contributed by atoms with Crippen molar-refractivity contribution in [2.75, 3.05) is 18.8 Å². The SMILES string of the molecule is CC(CN)CN1C(=O)CCCS1(=O)=O. The Balaban J connectivity index is 2.76. The number of hydrogen-bond donors (Lipinski definition) is 1. The van der Waals surface area contributed by atoms with Gasteiger partial charge in [-0.15, -0.1) is 0 Å². The normalized spacial score (nSPS) is 23.6. The van der Waals surface area contributed by atoms with Gasteiger partial charge in [0.1, 0.15) is 0 Å². The number of sulfonamides is 1. The fourth-order valence-electron chi connectivity index (χ4n) is 1.37. The monoisotopic (exact) mass is 220 g/mol. The van der Waals surface area contributed by atoms with E-state index in [1.807, 2.05) is 6.92 Å². The Kier molecular flexibility index (Phi) is 3.49. The molecule has 0 aromatic carbocycles. The van der Waals surface area contributed by atoms with Crippen molar-refractivity contribution in [3.8, 4) is 0 Å². The Labute approximate surface area is 84.3 Å². The zero-order valence-corrected chi connectivity index (χ0v) is 9.09. The van der Waals surface area contributed by atoms with Gasteiger partial charge in [0.2, 0.25) is 15.9 Å². The molecule has 1 rings (SSSR count). The molecule has 1 aliphatic rings. The second kappa shape index (κ2) is 4.27. The molecule has 1 atom stereocenters. The first-order valence-electron chi connectivity index (χ1n) is 4.70. The lowest BCUT2D eigenvalue weighted by molar-refractivity contribution is -0.127. The predicted molar refractivity (Wildman–Crippen MR) is 53.0 cm³/mol. The Hall–Kier alpha value is -0.620. The third-order valence-electron chi connectivity index (χ3n) is 2.29. The molecule has 0 spiro atoms. The van der Waals surface area contributed by atoms with E-state index in [-0.39, 0.29) is 24.1 Å². The largest absolute Gasteiger partial charge is 0.330 e. The van der Waals surface area contributed by atoms with E-state index in [9.17, 15) is 13.2 Å². The third-order valence-corrected chi connectivity index (χ3v) is 4.12. The molecule has 0 aromatic rings. The van der Waals surface area contributed by atoms with Crippen molar-refractivity contribution >= 4 is 15.9 Å². The first-order valence-corrected chi connectivity index (χ1v) is 6.31. The molecule has 0 radical (unpaired) electrons. The van der Waals surface area contributed by atoms with Crippen molar-refractivity contribution in [3.63, 3.8) is 0 Å². The van der Waals surface area contributed by atoms with Gasteiger partial charge in [0.25, 0.3) is 0 Å². The summed E-state index contributed by atoms with van der Waals surface area (Å²) in [6, 6.07) is 0. The predicted octanol–water partition coefficient (Wildman–Crippen LogP) is -0.467. The highest BCUT2D eigenvalue weighted by Gasteiger charge is 2.31. The molecule has 1 fully saturated rings. The molecule has 6 heteroatoms. The maximum atomic E-state index is 11.5. The number of amides is 1. The lowest BCUT2D eigenvalue weighted by atomic mass is 10.2. The van der Waals surface area contributed by atoms with Crippen LogP contribution in [0.2, 0.25) is 0 Å². The average Bonchev–Trinajstić information content (AvgIpc) is 2.11. The van der Waals surface area contributed by atoms with E-state index in [2.05, 4.69) is 0 Å². The fourth-order valence-corrected chi connectivity index (χ4v) is 2.98. The van der Waals surface area contributed by atoms with Gasteiger partial charge in [-0.1, -0.05) is 6.92 Å². The highest BCUT2D eigenvalue weighted by Crippen LogP contribution is 2.16. The topological polar surface area (TPSA) is 80.5 Å². The van der Waals surface area contributed by atoms with Crippen LogP contribution in [-0.4, -0.2) is 37.5 Å². The molecule has 5 nitrogen and oxygen atoms in total. The van der Waals surface area contributed by atoms with Crippen LogP contribution in [0.25, 0.3) is 0 Å². The third kappa shape index (κ3) is 2.45. The Morgan fingerprint density at radius 1 is 1.57 bits per heavy atom. The smallest absolute Gasteiger partial charge is 0.237 e. The summed E-state index contributed by atoms with van der Waals surface area (Å²) in [6.07, 6.45) is 0.769. The van der Waals surface area contributed by atoms with Crippen LogP contribution in [0.4, 0.5) is 0 Å². The van der Waals surface area contributed by atoms with Gasteiger partial charge >= 0.3 is 0 Å². The Morgan fingerprint density at radius 2 is 2.21 bits per heavy atom. The molecule has 14 heavy (non-hydrogen) atoms. The van der Waals surface area contributed by atoms with E-state index in [0.29, 0.717) is 19.4 Å². The Morgan fingerprint density at radius 3 is 2.71 bits per heavy atom. The molecule has 1 heterocycles. The summed E-state index contributed by atoms with van der Waals surface area (Å²) in [6.45, 7) is 2.44. The summed E-state index contributed by atoms with van der Waals surface area (Å²) in [5.74, 6) is -0.195. The van der Waals surface area contributed by atoms with Crippen LogP contribution in [-0.2, 0) is 14.8 Å². The minimum absolute atomic E-state index is 0.0202. The summed E-state index contributed by atoms with van der Waals surface area (Å²) in [7, 11) is -3.35. The Bertz CT molecular complexity index is 313. The van der Waals surface area contributed by atoms with Gasteiger partial charge in [-0.25, -0.2) is 12.7 Å². The molecule has 0 bridgehead atoms. The van der Waals surface area contributed by atoms with Crippen LogP contribution in [0.3, 0.4) is 0 Å². The van der Waals surface area contributed by atoms with Gasteiger partial charge in [-0.2, -0.15) is 0 Å². The van der Waals surface area contributed by atoms with Crippen molar-refractivity contribution in [2.24, 2.45) is 11.7 Å². The molecule has 2 N–H and O–H groups in total. The molecular weight excluding hydrogens is 204 g/mol. The lowest BCUT2D eigenvalue weighted by Gasteiger charge is -2.28. The highest BCUT2D eigenvalue weighted by atomic mass is 32.2. The van der Waals surface area contributed by atoms with Gasteiger partial charge in [0.05, 0.1) is 5.75 Å². The average molecular weight is 220 g/mol. The first-order chi connectivity index (χ1) is 6.47. The quantitative estimate of drug-likeness (QED) is 0.697. The van der Waals surface area contributed by atoms with Crippen LogP contribution >= 0.6 is 0 Å². The van der Waals surface area contributed by atoms with E-state index in [1.54, 1.807) is 0 Å². The second-order valence-corrected chi connectivity index (χ2v) is 5.70. The minimum Gasteiger partial charge on any atom is -0.330 e. The standard InChI is InChI=1S/C8H16N2O3S/c1-7(5-9)6-10-8(11)3-2-4-14(10,12)13/h7H,2-6,9H2,1H3.